The van der Waals surface area contributed by atoms with Crippen LogP contribution in [0, 0.1) is 12.3 Å². The van der Waals surface area contributed by atoms with E-state index in [0.717, 1.165) is 25.1 Å². The highest BCUT2D eigenvalue weighted by Gasteiger charge is 2.26. The van der Waals surface area contributed by atoms with Crippen molar-refractivity contribution in [1.82, 2.24) is 10.1 Å². The Labute approximate surface area is 118 Å². The molecule has 1 aromatic heterocycles. The van der Waals surface area contributed by atoms with Crippen molar-refractivity contribution in [3.8, 4) is 12.3 Å². The van der Waals surface area contributed by atoms with Gasteiger partial charge >= 0.3 is 0 Å². The maximum atomic E-state index is 5.90. The van der Waals surface area contributed by atoms with E-state index >= 15 is 0 Å². The molecular formula is C16H17N3O. The van der Waals surface area contributed by atoms with Gasteiger partial charge in [0.15, 0.2) is 5.82 Å². The molecule has 2 N–H and O–H groups in total. The normalized spacial score (nSPS) is 19.1. The summed E-state index contributed by atoms with van der Waals surface area (Å²) in [5, 5.41) is 4.11. The van der Waals surface area contributed by atoms with Gasteiger partial charge in [0, 0.05) is 12.3 Å². The third-order valence-corrected chi connectivity index (χ3v) is 3.79. The quantitative estimate of drug-likeness (QED) is 0.868. The zero-order chi connectivity index (χ0) is 13.9. The zero-order valence-corrected chi connectivity index (χ0v) is 11.2. The van der Waals surface area contributed by atoms with Crippen LogP contribution in [0.25, 0.3) is 0 Å². The van der Waals surface area contributed by atoms with Gasteiger partial charge in [0.05, 0.1) is 6.04 Å². The Morgan fingerprint density at radius 2 is 2.30 bits per heavy atom. The van der Waals surface area contributed by atoms with Crippen molar-refractivity contribution in [3.05, 3.63) is 47.1 Å². The SMILES string of the molecule is C#CCC(N)c1nc(C2CCCc3ccccc32)no1. The number of terminal acetylenes is 1. The predicted molar refractivity (Wildman–Crippen MR) is 75.9 cm³/mol. The van der Waals surface area contributed by atoms with Gasteiger partial charge in [-0.05, 0) is 30.4 Å². The minimum absolute atomic E-state index is 0.204. The van der Waals surface area contributed by atoms with Crippen LogP contribution >= 0.6 is 0 Å². The number of nitrogens with two attached hydrogens (primary N) is 1. The maximum Gasteiger partial charge on any atom is 0.244 e. The van der Waals surface area contributed by atoms with Crippen molar-refractivity contribution in [3.63, 3.8) is 0 Å². The van der Waals surface area contributed by atoms with Crippen LogP contribution in [-0.2, 0) is 6.42 Å². The van der Waals surface area contributed by atoms with Gasteiger partial charge in [-0.3, -0.25) is 0 Å². The fourth-order valence-corrected chi connectivity index (χ4v) is 2.78. The standard InChI is InChI=1S/C16H17N3O/c1-2-6-14(17)16-18-15(19-20-16)13-10-5-8-11-7-3-4-9-12(11)13/h1,3-4,7,9,13-14H,5-6,8,10,17H2. The molecule has 2 aromatic rings. The number of aryl methyl sites for hydroxylation is 1. The Morgan fingerprint density at radius 1 is 1.45 bits per heavy atom. The second-order valence-electron chi connectivity index (χ2n) is 5.15. The smallest absolute Gasteiger partial charge is 0.244 e. The minimum Gasteiger partial charge on any atom is -0.338 e. The number of hydrogen-bond donors (Lipinski definition) is 1. The first-order chi connectivity index (χ1) is 9.79. The van der Waals surface area contributed by atoms with Gasteiger partial charge in [-0.25, -0.2) is 0 Å². The first kappa shape index (κ1) is 12.9. The van der Waals surface area contributed by atoms with Gasteiger partial charge in [-0.15, -0.1) is 12.3 Å². The Kier molecular flexibility index (Phi) is 3.53. The van der Waals surface area contributed by atoms with Crippen molar-refractivity contribution < 1.29 is 4.52 Å². The van der Waals surface area contributed by atoms with Crippen molar-refractivity contribution >= 4 is 0 Å². The monoisotopic (exact) mass is 267 g/mol. The Hall–Kier alpha value is -2.12. The van der Waals surface area contributed by atoms with Crippen molar-refractivity contribution in [2.75, 3.05) is 0 Å². The summed E-state index contributed by atoms with van der Waals surface area (Å²) >= 11 is 0. The molecule has 0 saturated heterocycles. The fourth-order valence-electron chi connectivity index (χ4n) is 2.78. The number of benzene rings is 1. The van der Waals surface area contributed by atoms with Crippen LogP contribution in [0.2, 0.25) is 0 Å². The third kappa shape index (κ3) is 2.33. The molecule has 4 heteroatoms. The lowest BCUT2D eigenvalue weighted by molar-refractivity contribution is 0.350. The Morgan fingerprint density at radius 3 is 3.15 bits per heavy atom. The molecule has 20 heavy (non-hydrogen) atoms. The Bertz CT molecular complexity index is 641. The number of aromatic nitrogens is 2. The first-order valence-corrected chi connectivity index (χ1v) is 6.90. The van der Waals surface area contributed by atoms with Crippen LogP contribution in [0.15, 0.2) is 28.8 Å². The van der Waals surface area contributed by atoms with Crippen LogP contribution in [-0.4, -0.2) is 10.1 Å². The van der Waals surface area contributed by atoms with E-state index in [2.05, 4.69) is 40.3 Å². The molecule has 1 heterocycles. The summed E-state index contributed by atoms with van der Waals surface area (Å²) in [6.45, 7) is 0. The number of hydrogen-bond acceptors (Lipinski definition) is 4. The molecule has 2 atom stereocenters. The van der Waals surface area contributed by atoms with E-state index < -0.39 is 0 Å². The zero-order valence-electron chi connectivity index (χ0n) is 11.2. The Balaban J connectivity index is 1.90. The van der Waals surface area contributed by atoms with Crippen molar-refractivity contribution in [1.29, 1.82) is 0 Å². The highest BCUT2D eigenvalue weighted by atomic mass is 16.5. The summed E-state index contributed by atoms with van der Waals surface area (Å²) in [6.07, 6.45) is 8.97. The topological polar surface area (TPSA) is 64.9 Å². The summed E-state index contributed by atoms with van der Waals surface area (Å²) in [4.78, 5) is 4.45. The van der Waals surface area contributed by atoms with E-state index in [1.54, 1.807) is 0 Å². The van der Waals surface area contributed by atoms with Crippen molar-refractivity contribution in [2.24, 2.45) is 5.73 Å². The van der Waals surface area contributed by atoms with Gasteiger partial charge in [0.25, 0.3) is 0 Å². The molecule has 2 unspecified atom stereocenters. The van der Waals surface area contributed by atoms with Crippen LogP contribution in [0.4, 0.5) is 0 Å². The highest BCUT2D eigenvalue weighted by molar-refractivity contribution is 5.36. The summed E-state index contributed by atoms with van der Waals surface area (Å²) in [5.74, 6) is 3.88. The van der Waals surface area contributed by atoms with Gasteiger partial charge in [0.1, 0.15) is 0 Å². The molecule has 0 radical (unpaired) electrons. The highest BCUT2D eigenvalue weighted by Crippen LogP contribution is 2.35. The number of rotatable bonds is 3. The molecule has 0 spiro atoms. The lowest BCUT2D eigenvalue weighted by atomic mass is 9.82. The summed E-state index contributed by atoms with van der Waals surface area (Å²) < 4.78 is 5.27. The third-order valence-electron chi connectivity index (χ3n) is 3.79. The van der Waals surface area contributed by atoms with Gasteiger partial charge in [0.2, 0.25) is 5.89 Å². The molecule has 1 aliphatic carbocycles. The number of nitrogens with zero attached hydrogens (tertiary/aromatic N) is 2. The van der Waals surface area contributed by atoms with Crippen LogP contribution in [0.3, 0.4) is 0 Å². The molecule has 0 fully saturated rings. The van der Waals surface area contributed by atoms with E-state index in [0.29, 0.717) is 12.3 Å². The minimum atomic E-state index is -0.375. The molecule has 102 valence electrons. The van der Waals surface area contributed by atoms with Crippen molar-refractivity contribution in [2.45, 2.75) is 37.6 Å². The number of fused-ring (bicyclic) bond motifs is 1. The molecule has 4 nitrogen and oxygen atoms in total. The van der Waals surface area contributed by atoms with E-state index in [4.69, 9.17) is 16.7 Å². The maximum absolute atomic E-state index is 5.90. The molecule has 0 saturated carbocycles. The fraction of sp³-hybridized carbons (Fsp3) is 0.375. The van der Waals surface area contributed by atoms with E-state index in [1.165, 1.54) is 11.1 Å². The second-order valence-corrected chi connectivity index (χ2v) is 5.15. The van der Waals surface area contributed by atoms with Crippen LogP contribution in [0.5, 0.6) is 0 Å². The first-order valence-electron chi connectivity index (χ1n) is 6.90. The average molecular weight is 267 g/mol. The molecule has 3 rings (SSSR count). The van der Waals surface area contributed by atoms with Gasteiger partial charge in [-0.2, -0.15) is 4.98 Å². The molecule has 0 amide bonds. The van der Waals surface area contributed by atoms with E-state index in [9.17, 15) is 0 Å². The summed E-state index contributed by atoms with van der Waals surface area (Å²) in [5.41, 5.74) is 8.58. The second kappa shape index (κ2) is 5.48. The average Bonchev–Trinajstić information content (AvgIpc) is 2.97. The summed E-state index contributed by atoms with van der Waals surface area (Å²) in [7, 11) is 0. The van der Waals surface area contributed by atoms with Gasteiger partial charge in [-0.1, -0.05) is 29.4 Å². The molecule has 1 aromatic carbocycles. The predicted octanol–water partition coefficient (Wildman–Crippen LogP) is 2.56. The molecule has 0 aliphatic heterocycles. The molecular weight excluding hydrogens is 250 g/mol. The lowest BCUT2D eigenvalue weighted by Crippen LogP contribution is -2.13. The van der Waals surface area contributed by atoms with Crippen LogP contribution < -0.4 is 5.73 Å². The lowest BCUT2D eigenvalue weighted by Gasteiger charge is -2.22. The van der Waals surface area contributed by atoms with Crippen LogP contribution in [0.1, 0.15) is 54.1 Å². The van der Waals surface area contributed by atoms with E-state index in [1.807, 2.05) is 0 Å². The van der Waals surface area contributed by atoms with Gasteiger partial charge < -0.3 is 10.3 Å². The summed E-state index contributed by atoms with van der Waals surface area (Å²) in [6, 6.07) is 8.08. The van der Waals surface area contributed by atoms with E-state index in [-0.39, 0.29) is 12.0 Å². The molecule has 0 bridgehead atoms. The largest absolute Gasteiger partial charge is 0.338 e. The molecule has 1 aliphatic rings.